The lowest BCUT2D eigenvalue weighted by atomic mass is 10.1. The van der Waals surface area contributed by atoms with Crippen molar-refractivity contribution in [1.29, 1.82) is 0 Å². The highest BCUT2D eigenvalue weighted by atomic mass is 16.3. The average Bonchev–Trinajstić information content (AvgIpc) is 3.04. The summed E-state index contributed by atoms with van der Waals surface area (Å²) in [6.07, 6.45) is 7.33. The summed E-state index contributed by atoms with van der Waals surface area (Å²) in [5, 5.41) is 3.37. The van der Waals surface area contributed by atoms with Gasteiger partial charge in [0.05, 0.1) is 12.8 Å². The van der Waals surface area contributed by atoms with E-state index in [-0.39, 0.29) is 0 Å². The fraction of sp³-hybridized carbons (Fsp3) is 0.733. The van der Waals surface area contributed by atoms with Crippen LogP contribution >= 0.6 is 0 Å². The van der Waals surface area contributed by atoms with Crippen LogP contribution < -0.4 is 5.32 Å². The molecule has 0 aromatic carbocycles. The van der Waals surface area contributed by atoms with E-state index >= 15 is 0 Å². The minimum atomic E-state index is 0.770. The molecule has 1 heterocycles. The topological polar surface area (TPSA) is 28.4 Å². The van der Waals surface area contributed by atoms with E-state index in [4.69, 9.17) is 4.42 Å². The second kappa shape index (κ2) is 6.95. The molecule has 1 aliphatic rings. The fourth-order valence-electron chi connectivity index (χ4n) is 2.88. The Balaban J connectivity index is 1.95. The molecule has 1 saturated carbocycles. The van der Waals surface area contributed by atoms with Crippen molar-refractivity contribution < 1.29 is 4.42 Å². The maximum Gasteiger partial charge on any atom is 0.122 e. The predicted molar refractivity (Wildman–Crippen MR) is 74.4 cm³/mol. The quantitative estimate of drug-likeness (QED) is 0.806. The Morgan fingerprint density at radius 1 is 1.33 bits per heavy atom. The Morgan fingerprint density at radius 3 is 2.78 bits per heavy atom. The van der Waals surface area contributed by atoms with E-state index in [1.54, 1.807) is 0 Å². The van der Waals surface area contributed by atoms with Crippen LogP contribution in [0.5, 0.6) is 0 Å². The Labute approximate surface area is 111 Å². The van der Waals surface area contributed by atoms with Gasteiger partial charge in [-0.25, -0.2) is 0 Å². The first-order chi connectivity index (χ1) is 8.85. The third-order valence-electron chi connectivity index (χ3n) is 4.00. The molecule has 0 bridgehead atoms. The molecule has 0 aliphatic heterocycles. The molecule has 2 rings (SSSR count). The number of nitrogens with zero attached hydrogens (tertiary/aromatic N) is 1. The van der Waals surface area contributed by atoms with Gasteiger partial charge in [0.1, 0.15) is 5.76 Å². The summed E-state index contributed by atoms with van der Waals surface area (Å²) in [6, 6.07) is 2.87. The molecule has 1 N–H and O–H groups in total. The van der Waals surface area contributed by atoms with E-state index in [1.165, 1.54) is 31.2 Å². The van der Waals surface area contributed by atoms with Crippen LogP contribution in [0.3, 0.4) is 0 Å². The second-order valence-electron chi connectivity index (χ2n) is 5.15. The van der Waals surface area contributed by atoms with E-state index < -0.39 is 0 Å². The standard InChI is InChI=1S/C15H26N2O/c1-3-16-11-13-9-10-18-15(13)12-17(4-2)14-7-5-6-8-14/h9-10,14,16H,3-8,11-12H2,1-2H3. The lowest BCUT2D eigenvalue weighted by Gasteiger charge is -2.26. The molecule has 0 radical (unpaired) electrons. The molecule has 0 unspecified atom stereocenters. The number of nitrogens with one attached hydrogen (secondary N) is 1. The zero-order chi connectivity index (χ0) is 12.8. The van der Waals surface area contributed by atoms with Gasteiger partial charge in [-0.1, -0.05) is 26.7 Å². The van der Waals surface area contributed by atoms with Crippen LogP contribution in [0.2, 0.25) is 0 Å². The third-order valence-corrected chi connectivity index (χ3v) is 4.00. The molecule has 0 atom stereocenters. The van der Waals surface area contributed by atoms with Crippen LogP contribution in [0.1, 0.15) is 50.9 Å². The number of rotatable bonds is 7. The van der Waals surface area contributed by atoms with Gasteiger partial charge in [-0.15, -0.1) is 0 Å². The molecule has 1 aromatic rings. The molecule has 0 saturated heterocycles. The van der Waals surface area contributed by atoms with Gasteiger partial charge < -0.3 is 9.73 Å². The number of hydrogen-bond acceptors (Lipinski definition) is 3. The zero-order valence-electron chi connectivity index (χ0n) is 11.7. The largest absolute Gasteiger partial charge is 0.468 e. The summed E-state index contributed by atoms with van der Waals surface area (Å²) in [7, 11) is 0. The Bertz CT molecular complexity index is 342. The van der Waals surface area contributed by atoms with Crippen molar-refractivity contribution in [3.05, 3.63) is 23.7 Å². The summed E-state index contributed by atoms with van der Waals surface area (Å²) in [6.45, 7) is 8.40. The SMILES string of the molecule is CCNCc1ccoc1CN(CC)C1CCCC1. The van der Waals surface area contributed by atoms with Crippen LogP contribution in [0.4, 0.5) is 0 Å². The molecule has 0 spiro atoms. The molecule has 1 aromatic heterocycles. The van der Waals surface area contributed by atoms with Gasteiger partial charge in [-0.2, -0.15) is 0 Å². The molecule has 3 heteroatoms. The highest BCUT2D eigenvalue weighted by molar-refractivity contribution is 5.17. The Kier molecular flexibility index (Phi) is 5.26. The maximum atomic E-state index is 5.67. The fourth-order valence-corrected chi connectivity index (χ4v) is 2.88. The van der Waals surface area contributed by atoms with E-state index in [0.29, 0.717) is 0 Å². The molecule has 1 fully saturated rings. The third kappa shape index (κ3) is 3.36. The Morgan fingerprint density at radius 2 is 2.11 bits per heavy atom. The first-order valence-electron chi connectivity index (χ1n) is 7.35. The lowest BCUT2D eigenvalue weighted by molar-refractivity contribution is 0.184. The Hall–Kier alpha value is -0.800. The number of furan rings is 1. The molecular formula is C15H26N2O. The molecule has 1 aliphatic carbocycles. The lowest BCUT2D eigenvalue weighted by Crippen LogP contribution is -2.32. The predicted octanol–water partition coefficient (Wildman–Crippen LogP) is 3.15. The monoisotopic (exact) mass is 250 g/mol. The van der Waals surface area contributed by atoms with Crippen molar-refractivity contribution in [1.82, 2.24) is 10.2 Å². The van der Waals surface area contributed by atoms with Crippen LogP contribution in [0, 0.1) is 0 Å². The van der Waals surface area contributed by atoms with Gasteiger partial charge in [0.15, 0.2) is 0 Å². The highest BCUT2D eigenvalue weighted by Crippen LogP contribution is 2.25. The summed E-state index contributed by atoms with van der Waals surface area (Å²) < 4.78 is 5.67. The zero-order valence-corrected chi connectivity index (χ0v) is 11.7. The molecular weight excluding hydrogens is 224 g/mol. The second-order valence-corrected chi connectivity index (χ2v) is 5.15. The van der Waals surface area contributed by atoms with Gasteiger partial charge in [0.25, 0.3) is 0 Å². The van der Waals surface area contributed by atoms with Crippen molar-refractivity contribution in [2.75, 3.05) is 13.1 Å². The summed E-state index contributed by atoms with van der Waals surface area (Å²) in [5.41, 5.74) is 1.31. The summed E-state index contributed by atoms with van der Waals surface area (Å²) in [4.78, 5) is 2.57. The minimum absolute atomic E-state index is 0.770. The average molecular weight is 250 g/mol. The van der Waals surface area contributed by atoms with E-state index in [0.717, 1.165) is 38.0 Å². The van der Waals surface area contributed by atoms with Crippen LogP contribution in [-0.4, -0.2) is 24.0 Å². The van der Waals surface area contributed by atoms with E-state index in [2.05, 4.69) is 30.1 Å². The van der Waals surface area contributed by atoms with Crippen molar-refractivity contribution in [3.8, 4) is 0 Å². The molecule has 102 valence electrons. The highest BCUT2D eigenvalue weighted by Gasteiger charge is 2.22. The van der Waals surface area contributed by atoms with Gasteiger partial charge in [0, 0.05) is 18.2 Å². The summed E-state index contributed by atoms with van der Waals surface area (Å²) in [5.74, 6) is 1.14. The summed E-state index contributed by atoms with van der Waals surface area (Å²) >= 11 is 0. The molecule has 18 heavy (non-hydrogen) atoms. The smallest absolute Gasteiger partial charge is 0.122 e. The maximum absolute atomic E-state index is 5.67. The van der Waals surface area contributed by atoms with Gasteiger partial charge in [-0.05, 0) is 32.0 Å². The van der Waals surface area contributed by atoms with Gasteiger partial charge in [-0.3, -0.25) is 4.90 Å². The normalized spacial score (nSPS) is 16.8. The van der Waals surface area contributed by atoms with E-state index in [1.807, 2.05) is 6.26 Å². The first kappa shape index (κ1) is 13.6. The van der Waals surface area contributed by atoms with Crippen molar-refractivity contribution >= 4 is 0 Å². The van der Waals surface area contributed by atoms with Crippen LogP contribution in [0.15, 0.2) is 16.7 Å². The van der Waals surface area contributed by atoms with Gasteiger partial charge >= 0.3 is 0 Å². The van der Waals surface area contributed by atoms with Crippen molar-refractivity contribution in [2.24, 2.45) is 0 Å². The number of hydrogen-bond donors (Lipinski definition) is 1. The van der Waals surface area contributed by atoms with Crippen LogP contribution in [-0.2, 0) is 13.1 Å². The van der Waals surface area contributed by atoms with E-state index in [9.17, 15) is 0 Å². The first-order valence-corrected chi connectivity index (χ1v) is 7.35. The molecule has 0 amide bonds. The van der Waals surface area contributed by atoms with Crippen LogP contribution in [0.25, 0.3) is 0 Å². The van der Waals surface area contributed by atoms with Crippen molar-refractivity contribution in [3.63, 3.8) is 0 Å². The van der Waals surface area contributed by atoms with Crippen molar-refractivity contribution in [2.45, 2.75) is 58.7 Å². The minimum Gasteiger partial charge on any atom is -0.468 e. The van der Waals surface area contributed by atoms with Gasteiger partial charge in [0.2, 0.25) is 0 Å². The molecule has 3 nitrogen and oxygen atoms in total.